The Labute approximate surface area is 192 Å². The summed E-state index contributed by atoms with van der Waals surface area (Å²) in [5.74, 6) is 1.64. The van der Waals surface area contributed by atoms with Gasteiger partial charge < -0.3 is 18.9 Å². The third-order valence-electron chi connectivity index (χ3n) is 5.21. The summed E-state index contributed by atoms with van der Waals surface area (Å²) in [6, 6.07) is 11.8. The largest absolute Gasteiger partial charge is 0.493 e. The lowest BCUT2D eigenvalue weighted by molar-refractivity contribution is -0.0498. The van der Waals surface area contributed by atoms with E-state index in [0.29, 0.717) is 34.3 Å². The number of halogens is 3. The number of hydrogen-bond acceptors (Lipinski definition) is 6. The van der Waals surface area contributed by atoms with Crippen molar-refractivity contribution < 1.29 is 27.7 Å². The van der Waals surface area contributed by atoms with Crippen molar-refractivity contribution in [1.82, 2.24) is 14.6 Å². The highest BCUT2D eigenvalue weighted by Gasteiger charge is 2.27. The third kappa shape index (κ3) is 4.36. The highest BCUT2D eigenvalue weighted by atomic mass is 35.5. The van der Waals surface area contributed by atoms with Crippen LogP contribution in [0.1, 0.15) is 22.9 Å². The summed E-state index contributed by atoms with van der Waals surface area (Å²) < 4.78 is 48.6. The van der Waals surface area contributed by atoms with Crippen LogP contribution in [-0.4, -0.2) is 34.9 Å². The third-order valence-corrected chi connectivity index (χ3v) is 5.42. The van der Waals surface area contributed by atoms with E-state index >= 15 is 0 Å². The molecule has 0 aliphatic carbocycles. The first-order valence-corrected chi connectivity index (χ1v) is 10.4. The summed E-state index contributed by atoms with van der Waals surface area (Å²) in [6.45, 7) is -2.62. The molecule has 1 atom stereocenters. The minimum atomic E-state index is -2.87. The summed E-state index contributed by atoms with van der Waals surface area (Å²) >= 11 is 5.99. The number of benzene rings is 2. The fraction of sp³-hybridized carbons (Fsp3) is 0.217. The van der Waals surface area contributed by atoms with Gasteiger partial charge in [0.25, 0.3) is 0 Å². The number of methoxy groups -OCH3 is 1. The quantitative estimate of drug-likeness (QED) is 0.388. The Hall–Kier alpha value is -3.59. The van der Waals surface area contributed by atoms with Gasteiger partial charge in [0.05, 0.1) is 30.2 Å². The molecule has 5 rings (SSSR count). The zero-order chi connectivity index (χ0) is 22.9. The van der Waals surface area contributed by atoms with E-state index in [1.165, 1.54) is 12.1 Å². The van der Waals surface area contributed by atoms with Crippen molar-refractivity contribution in [1.29, 1.82) is 0 Å². The van der Waals surface area contributed by atoms with Crippen LogP contribution in [0.25, 0.3) is 5.65 Å². The van der Waals surface area contributed by atoms with E-state index in [4.69, 9.17) is 25.8 Å². The van der Waals surface area contributed by atoms with E-state index in [-0.39, 0.29) is 12.4 Å². The number of aromatic nitrogens is 3. The molecule has 0 amide bonds. The van der Waals surface area contributed by atoms with Crippen LogP contribution in [0.4, 0.5) is 8.78 Å². The van der Waals surface area contributed by atoms with Crippen LogP contribution >= 0.6 is 11.6 Å². The summed E-state index contributed by atoms with van der Waals surface area (Å²) in [4.78, 5) is 4.35. The second kappa shape index (κ2) is 8.74. The predicted octanol–water partition coefficient (Wildman–Crippen LogP) is 5.10. The van der Waals surface area contributed by atoms with Crippen LogP contribution in [0.2, 0.25) is 5.02 Å². The molecule has 0 radical (unpaired) electrons. The molecule has 0 spiro atoms. The van der Waals surface area contributed by atoms with Crippen LogP contribution in [0, 0.1) is 0 Å². The molecule has 1 aliphatic rings. The minimum absolute atomic E-state index is 0.0808. The number of rotatable bonds is 6. The maximum Gasteiger partial charge on any atom is 0.387 e. The molecule has 2 aromatic carbocycles. The average Bonchev–Trinajstić information content (AvgIpc) is 3.20. The average molecular weight is 474 g/mol. The van der Waals surface area contributed by atoms with Crippen molar-refractivity contribution >= 4 is 17.2 Å². The molecule has 4 aromatic rings. The van der Waals surface area contributed by atoms with E-state index in [0.717, 1.165) is 16.8 Å². The Morgan fingerprint density at radius 1 is 1.18 bits per heavy atom. The van der Waals surface area contributed by atoms with Gasteiger partial charge in [-0.2, -0.15) is 13.9 Å². The van der Waals surface area contributed by atoms with Gasteiger partial charge in [-0.05, 0) is 35.4 Å². The van der Waals surface area contributed by atoms with Crippen molar-refractivity contribution in [3.8, 4) is 23.0 Å². The second-order valence-electron chi connectivity index (χ2n) is 7.36. The van der Waals surface area contributed by atoms with Crippen molar-refractivity contribution in [2.24, 2.45) is 0 Å². The maximum atomic E-state index is 12.4. The minimum Gasteiger partial charge on any atom is -0.493 e. The monoisotopic (exact) mass is 473 g/mol. The standard InChI is InChI=1S/C23H18ClF2N3O4/c1-30-18-7-13(6-16-11-27-21-9-15(24)10-28-29(16)21)8-19-22(18)33-20(12-31-19)14-2-4-17(5-3-14)32-23(25)26/h2-5,7-11,20,23H,6,12H2,1H3. The van der Waals surface area contributed by atoms with E-state index in [1.807, 2.05) is 12.1 Å². The van der Waals surface area contributed by atoms with E-state index in [2.05, 4.69) is 14.8 Å². The Bertz CT molecular complexity index is 1280. The molecule has 1 unspecified atom stereocenters. The van der Waals surface area contributed by atoms with Gasteiger partial charge in [-0.3, -0.25) is 0 Å². The SMILES string of the molecule is COc1cc(Cc2cnc3cc(Cl)cnn23)cc2c1OC(c1ccc(OC(F)F)cc1)CO2. The Balaban J connectivity index is 1.38. The highest BCUT2D eigenvalue weighted by Crippen LogP contribution is 2.44. The lowest BCUT2D eigenvalue weighted by atomic mass is 10.1. The Morgan fingerprint density at radius 3 is 2.76 bits per heavy atom. The van der Waals surface area contributed by atoms with Crippen LogP contribution in [0.5, 0.6) is 23.0 Å². The summed E-state index contributed by atoms with van der Waals surface area (Å²) in [5.41, 5.74) is 3.24. The molecule has 10 heteroatoms. The van der Waals surface area contributed by atoms with Crippen LogP contribution in [-0.2, 0) is 6.42 Å². The number of ether oxygens (including phenoxy) is 4. The number of hydrogen-bond donors (Lipinski definition) is 0. The normalized spacial score (nSPS) is 15.1. The lowest BCUT2D eigenvalue weighted by Gasteiger charge is -2.28. The van der Waals surface area contributed by atoms with Gasteiger partial charge >= 0.3 is 6.61 Å². The van der Waals surface area contributed by atoms with Crippen LogP contribution < -0.4 is 18.9 Å². The zero-order valence-electron chi connectivity index (χ0n) is 17.4. The van der Waals surface area contributed by atoms with Crippen molar-refractivity contribution in [2.45, 2.75) is 19.1 Å². The Kier molecular flexibility index (Phi) is 5.63. The molecule has 170 valence electrons. The zero-order valence-corrected chi connectivity index (χ0v) is 18.1. The highest BCUT2D eigenvalue weighted by molar-refractivity contribution is 6.30. The van der Waals surface area contributed by atoms with Gasteiger partial charge in [0.2, 0.25) is 5.75 Å². The molecule has 0 bridgehead atoms. The molecule has 7 nitrogen and oxygen atoms in total. The van der Waals surface area contributed by atoms with E-state index in [9.17, 15) is 8.78 Å². The smallest absolute Gasteiger partial charge is 0.387 e. The fourth-order valence-corrected chi connectivity index (χ4v) is 3.85. The molecule has 2 aromatic heterocycles. The number of nitrogens with zero attached hydrogens (tertiary/aromatic N) is 3. The summed E-state index contributed by atoms with van der Waals surface area (Å²) in [5, 5.41) is 4.84. The van der Waals surface area contributed by atoms with Crippen molar-refractivity contribution in [2.75, 3.05) is 13.7 Å². The molecule has 0 fully saturated rings. The van der Waals surface area contributed by atoms with E-state index < -0.39 is 12.7 Å². The molecule has 0 saturated heterocycles. The van der Waals surface area contributed by atoms with Crippen LogP contribution in [0.3, 0.4) is 0 Å². The van der Waals surface area contributed by atoms with Gasteiger partial charge in [0.1, 0.15) is 12.4 Å². The lowest BCUT2D eigenvalue weighted by Crippen LogP contribution is -2.22. The van der Waals surface area contributed by atoms with Gasteiger partial charge in [0.15, 0.2) is 23.3 Å². The van der Waals surface area contributed by atoms with Crippen molar-refractivity contribution in [3.63, 3.8) is 0 Å². The molecule has 1 aliphatic heterocycles. The number of imidazole rings is 1. The topological polar surface area (TPSA) is 67.1 Å². The van der Waals surface area contributed by atoms with E-state index in [1.54, 1.807) is 42.2 Å². The second-order valence-corrected chi connectivity index (χ2v) is 7.80. The molecular weight excluding hydrogens is 456 g/mol. The molecular formula is C23H18ClF2N3O4. The van der Waals surface area contributed by atoms with Gasteiger partial charge in [-0.25, -0.2) is 9.50 Å². The number of alkyl halides is 2. The first-order valence-electron chi connectivity index (χ1n) is 10.0. The van der Waals surface area contributed by atoms with Gasteiger partial charge in [-0.15, -0.1) is 0 Å². The van der Waals surface area contributed by atoms with Gasteiger partial charge in [-0.1, -0.05) is 23.7 Å². The molecule has 0 saturated carbocycles. The number of fused-ring (bicyclic) bond motifs is 2. The first kappa shape index (κ1) is 21.3. The van der Waals surface area contributed by atoms with Gasteiger partial charge in [0, 0.05) is 12.5 Å². The first-order chi connectivity index (χ1) is 16.0. The molecule has 33 heavy (non-hydrogen) atoms. The van der Waals surface area contributed by atoms with Crippen LogP contribution in [0.15, 0.2) is 54.9 Å². The summed E-state index contributed by atoms with van der Waals surface area (Å²) in [7, 11) is 1.56. The fourth-order valence-electron chi connectivity index (χ4n) is 3.71. The Morgan fingerprint density at radius 2 is 2.00 bits per heavy atom. The summed E-state index contributed by atoms with van der Waals surface area (Å²) in [6.07, 6.45) is 3.43. The molecule has 3 heterocycles. The predicted molar refractivity (Wildman–Crippen MR) is 116 cm³/mol. The van der Waals surface area contributed by atoms with Crippen molar-refractivity contribution in [3.05, 3.63) is 76.7 Å². The molecule has 0 N–H and O–H groups in total. The maximum absolute atomic E-state index is 12.4.